The van der Waals surface area contributed by atoms with Gasteiger partial charge in [0.2, 0.25) is 0 Å². The Balaban J connectivity index is 1.99. The molecule has 2 rings (SSSR count). The SMILES string of the molecule is Cc1ccccc1CC(=O)C1CCCCS1. The average Bonchev–Trinajstić information content (AvgIpc) is 2.33. The Labute approximate surface area is 102 Å². The van der Waals surface area contributed by atoms with Crippen molar-refractivity contribution in [1.82, 2.24) is 0 Å². The molecule has 0 aliphatic carbocycles. The van der Waals surface area contributed by atoms with Gasteiger partial charge >= 0.3 is 0 Å². The largest absolute Gasteiger partial charge is 0.298 e. The Morgan fingerprint density at radius 3 is 2.88 bits per heavy atom. The Bertz CT molecular complexity index is 367. The molecule has 0 spiro atoms. The minimum Gasteiger partial charge on any atom is -0.298 e. The van der Waals surface area contributed by atoms with Gasteiger partial charge in [0.15, 0.2) is 0 Å². The molecule has 0 N–H and O–H groups in total. The first-order valence-corrected chi connectivity index (χ1v) is 7.01. The van der Waals surface area contributed by atoms with Crippen molar-refractivity contribution in [3.63, 3.8) is 0 Å². The number of hydrogen-bond donors (Lipinski definition) is 0. The molecule has 1 aromatic rings. The molecule has 0 aromatic heterocycles. The number of rotatable bonds is 3. The molecule has 1 saturated heterocycles. The van der Waals surface area contributed by atoms with Gasteiger partial charge in [-0.05, 0) is 36.6 Å². The van der Waals surface area contributed by atoms with Crippen LogP contribution in [-0.4, -0.2) is 16.8 Å². The Kier molecular flexibility index (Phi) is 4.05. The highest BCUT2D eigenvalue weighted by molar-refractivity contribution is 8.00. The van der Waals surface area contributed by atoms with Crippen LogP contribution in [-0.2, 0) is 11.2 Å². The Morgan fingerprint density at radius 1 is 1.38 bits per heavy atom. The van der Waals surface area contributed by atoms with E-state index in [9.17, 15) is 4.79 Å². The van der Waals surface area contributed by atoms with Crippen molar-refractivity contribution >= 4 is 17.5 Å². The number of carbonyl (C=O) groups excluding carboxylic acids is 1. The first kappa shape index (κ1) is 11.7. The maximum absolute atomic E-state index is 12.1. The normalized spacial score (nSPS) is 20.7. The number of Topliss-reactive ketones (excluding diaryl/α,β-unsaturated/α-hetero) is 1. The van der Waals surface area contributed by atoms with Crippen LogP contribution in [0.25, 0.3) is 0 Å². The number of hydrogen-bond acceptors (Lipinski definition) is 2. The summed E-state index contributed by atoms with van der Waals surface area (Å²) in [5.74, 6) is 1.57. The lowest BCUT2D eigenvalue weighted by Crippen LogP contribution is -2.22. The predicted octanol–water partition coefficient (Wildman–Crippen LogP) is 3.39. The number of aryl methyl sites for hydroxylation is 1. The van der Waals surface area contributed by atoms with E-state index in [1.54, 1.807) is 0 Å². The highest BCUT2D eigenvalue weighted by atomic mass is 32.2. The minimum absolute atomic E-state index is 0.258. The molecule has 1 heterocycles. The zero-order valence-corrected chi connectivity index (χ0v) is 10.6. The smallest absolute Gasteiger partial charge is 0.150 e. The number of carbonyl (C=O) groups is 1. The van der Waals surface area contributed by atoms with E-state index in [4.69, 9.17) is 0 Å². The van der Waals surface area contributed by atoms with E-state index < -0.39 is 0 Å². The summed E-state index contributed by atoms with van der Waals surface area (Å²) >= 11 is 1.85. The zero-order chi connectivity index (χ0) is 11.4. The van der Waals surface area contributed by atoms with Crippen LogP contribution >= 0.6 is 11.8 Å². The van der Waals surface area contributed by atoms with Crippen molar-refractivity contribution in [2.75, 3.05) is 5.75 Å². The molecule has 0 bridgehead atoms. The summed E-state index contributed by atoms with van der Waals surface area (Å²) in [6.45, 7) is 2.08. The highest BCUT2D eigenvalue weighted by Crippen LogP contribution is 2.26. The molecule has 1 aliphatic heterocycles. The summed E-state index contributed by atoms with van der Waals surface area (Å²) in [7, 11) is 0. The number of benzene rings is 1. The average molecular weight is 234 g/mol. The molecule has 1 atom stereocenters. The lowest BCUT2D eigenvalue weighted by molar-refractivity contribution is -0.118. The first-order chi connectivity index (χ1) is 7.77. The molecule has 86 valence electrons. The lowest BCUT2D eigenvalue weighted by Gasteiger charge is -2.20. The zero-order valence-electron chi connectivity index (χ0n) is 9.74. The van der Waals surface area contributed by atoms with E-state index >= 15 is 0 Å². The van der Waals surface area contributed by atoms with Crippen LogP contribution in [0.3, 0.4) is 0 Å². The van der Waals surface area contributed by atoms with Gasteiger partial charge in [-0.1, -0.05) is 30.7 Å². The first-order valence-electron chi connectivity index (χ1n) is 5.96. The van der Waals surface area contributed by atoms with E-state index in [0.717, 1.165) is 12.2 Å². The minimum atomic E-state index is 0.258. The molecule has 0 amide bonds. The van der Waals surface area contributed by atoms with Crippen LogP contribution in [0.2, 0.25) is 0 Å². The van der Waals surface area contributed by atoms with Crippen LogP contribution < -0.4 is 0 Å². The third-order valence-electron chi connectivity index (χ3n) is 3.16. The number of thioether (sulfide) groups is 1. The summed E-state index contributed by atoms with van der Waals surface area (Å²) in [5, 5.41) is 0.258. The predicted molar refractivity (Wildman–Crippen MR) is 70.0 cm³/mol. The number of ketones is 1. The van der Waals surface area contributed by atoms with Gasteiger partial charge in [-0.3, -0.25) is 4.79 Å². The van der Waals surface area contributed by atoms with Crippen molar-refractivity contribution in [3.05, 3.63) is 35.4 Å². The van der Waals surface area contributed by atoms with Crippen molar-refractivity contribution in [1.29, 1.82) is 0 Å². The lowest BCUT2D eigenvalue weighted by atomic mass is 10.00. The fourth-order valence-corrected chi connectivity index (χ4v) is 3.36. The van der Waals surface area contributed by atoms with Gasteiger partial charge in [-0.25, -0.2) is 0 Å². The van der Waals surface area contributed by atoms with Crippen molar-refractivity contribution < 1.29 is 4.79 Å². The van der Waals surface area contributed by atoms with Crippen molar-refractivity contribution in [2.24, 2.45) is 0 Å². The summed E-state index contributed by atoms with van der Waals surface area (Å²) in [5.41, 5.74) is 2.43. The van der Waals surface area contributed by atoms with Gasteiger partial charge in [-0.15, -0.1) is 0 Å². The van der Waals surface area contributed by atoms with E-state index in [2.05, 4.69) is 19.1 Å². The molecule has 1 fully saturated rings. The third kappa shape index (κ3) is 2.88. The summed E-state index contributed by atoms with van der Waals surface area (Å²) in [4.78, 5) is 12.1. The van der Waals surface area contributed by atoms with Crippen LogP contribution in [0.1, 0.15) is 30.4 Å². The maximum atomic E-state index is 12.1. The van der Waals surface area contributed by atoms with Gasteiger partial charge in [0.1, 0.15) is 5.78 Å². The van der Waals surface area contributed by atoms with E-state index in [1.807, 2.05) is 23.9 Å². The Morgan fingerprint density at radius 2 is 2.19 bits per heavy atom. The second kappa shape index (κ2) is 5.53. The van der Waals surface area contributed by atoms with Crippen LogP contribution in [0.4, 0.5) is 0 Å². The second-order valence-electron chi connectivity index (χ2n) is 4.42. The van der Waals surface area contributed by atoms with Crippen LogP contribution in [0.15, 0.2) is 24.3 Å². The van der Waals surface area contributed by atoms with Crippen molar-refractivity contribution in [3.8, 4) is 0 Å². The van der Waals surface area contributed by atoms with Gasteiger partial charge in [0.25, 0.3) is 0 Å². The summed E-state index contributed by atoms with van der Waals surface area (Å²) in [6, 6.07) is 8.19. The molecule has 1 unspecified atom stereocenters. The summed E-state index contributed by atoms with van der Waals surface area (Å²) in [6.07, 6.45) is 4.19. The second-order valence-corrected chi connectivity index (χ2v) is 5.74. The molecule has 2 heteroatoms. The van der Waals surface area contributed by atoms with E-state index in [0.29, 0.717) is 12.2 Å². The molecule has 0 radical (unpaired) electrons. The van der Waals surface area contributed by atoms with Crippen molar-refractivity contribution in [2.45, 2.75) is 37.9 Å². The molecular formula is C14H18OS. The molecule has 0 saturated carbocycles. The quantitative estimate of drug-likeness (QED) is 0.797. The topological polar surface area (TPSA) is 17.1 Å². The molecule has 1 aliphatic rings. The van der Waals surface area contributed by atoms with Gasteiger partial charge in [0, 0.05) is 6.42 Å². The fourth-order valence-electron chi connectivity index (χ4n) is 2.10. The van der Waals surface area contributed by atoms with Gasteiger partial charge in [0.05, 0.1) is 5.25 Å². The third-order valence-corrected chi connectivity index (χ3v) is 4.59. The van der Waals surface area contributed by atoms with Gasteiger partial charge < -0.3 is 0 Å². The van der Waals surface area contributed by atoms with Crippen LogP contribution in [0, 0.1) is 6.92 Å². The molecule has 16 heavy (non-hydrogen) atoms. The van der Waals surface area contributed by atoms with E-state index in [-0.39, 0.29) is 5.25 Å². The Hall–Kier alpha value is -0.760. The fraction of sp³-hybridized carbons (Fsp3) is 0.500. The van der Waals surface area contributed by atoms with E-state index in [1.165, 1.54) is 24.0 Å². The molecule has 1 aromatic carbocycles. The highest BCUT2D eigenvalue weighted by Gasteiger charge is 2.21. The van der Waals surface area contributed by atoms with Crippen LogP contribution in [0.5, 0.6) is 0 Å². The monoisotopic (exact) mass is 234 g/mol. The maximum Gasteiger partial charge on any atom is 0.150 e. The standard InChI is InChI=1S/C14H18OS/c1-11-6-2-3-7-12(11)10-13(15)14-8-4-5-9-16-14/h2-3,6-7,14H,4-5,8-10H2,1H3. The molecule has 1 nitrogen and oxygen atoms in total. The van der Waals surface area contributed by atoms with Gasteiger partial charge in [-0.2, -0.15) is 11.8 Å². The molecular weight excluding hydrogens is 216 g/mol. The summed E-state index contributed by atoms with van der Waals surface area (Å²) < 4.78 is 0.